The van der Waals surface area contributed by atoms with Crippen molar-refractivity contribution in [1.82, 2.24) is 10.2 Å². The van der Waals surface area contributed by atoms with Crippen molar-refractivity contribution in [3.05, 3.63) is 29.8 Å². The summed E-state index contributed by atoms with van der Waals surface area (Å²) in [5.41, 5.74) is 0.667. The lowest BCUT2D eigenvalue weighted by Crippen LogP contribution is -2.52. The molecular formula is C14H18ClF3N2O2. The van der Waals surface area contributed by atoms with E-state index < -0.39 is 6.36 Å². The summed E-state index contributed by atoms with van der Waals surface area (Å²) >= 11 is 0. The topological polar surface area (TPSA) is 41.6 Å². The highest BCUT2D eigenvalue weighted by atomic mass is 35.5. The minimum Gasteiger partial charge on any atom is -0.406 e. The SMILES string of the molecule is C[C@@H]1CNCCN1C(=O)Cc1ccc(OC(F)(F)F)cc1.Cl. The van der Waals surface area contributed by atoms with Crippen LogP contribution in [0.4, 0.5) is 13.2 Å². The Morgan fingerprint density at radius 2 is 2.00 bits per heavy atom. The van der Waals surface area contributed by atoms with E-state index in [4.69, 9.17) is 0 Å². The highest BCUT2D eigenvalue weighted by Crippen LogP contribution is 2.23. The average molecular weight is 339 g/mol. The molecule has 8 heteroatoms. The van der Waals surface area contributed by atoms with Gasteiger partial charge in [0.15, 0.2) is 0 Å². The second-order valence-corrected chi connectivity index (χ2v) is 5.01. The van der Waals surface area contributed by atoms with Crippen molar-refractivity contribution in [2.24, 2.45) is 0 Å². The number of hydrogen-bond acceptors (Lipinski definition) is 3. The van der Waals surface area contributed by atoms with Crippen LogP contribution in [0.1, 0.15) is 12.5 Å². The normalized spacial score (nSPS) is 18.5. The number of piperazine rings is 1. The monoisotopic (exact) mass is 338 g/mol. The lowest BCUT2D eigenvalue weighted by atomic mass is 10.1. The van der Waals surface area contributed by atoms with Crippen LogP contribution in [0, 0.1) is 0 Å². The van der Waals surface area contributed by atoms with Crippen molar-refractivity contribution in [2.45, 2.75) is 25.7 Å². The zero-order valence-corrected chi connectivity index (χ0v) is 12.8. The Bertz CT molecular complexity index is 494. The smallest absolute Gasteiger partial charge is 0.406 e. The molecule has 0 spiro atoms. The lowest BCUT2D eigenvalue weighted by Gasteiger charge is -2.34. The van der Waals surface area contributed by atoms with E-state index in [0.717, 1.165) is 13.1 Å². The first-order chi connectivity index (χ1) is 9.85. The number of benzene rings is 1. The van der Waals surface area contributed by atoms with Gasteiger partial charge >= 0.3 is 6.36 Å². The summed E-state index contributed by atoms with van der Waals surface area (Å²) in [5.74, 6) is -0.303. The number of hydrogen-bond donors (Lipinski definition) is 1. The van der Waals surface area contributed by atoms with Crippen molar-refractivity contribution in [3.8, 4) is 5.75 Å². The second-order valence-electron chi connectivity index (χ2n) is 5.01. The lowest BCUT2D eigenvalue weighted by molar-refractivity contribution is -0.274. The van der Waals surface area contributed by atoms with Gasteiger partial charge in [-0.3, -0.25) is 4.79 Å². The van der Waals surface area contributed by atoms with Crippen LogP contribution in [-0.2, 0) is 11.2 Å². The van der Waals surface area contributed by atoms with Gasteiger partial charge in [0.2, 0.25) is 5.91 Å². The quantitative estimate of drug-likeness (QED) is 0.920. The summed E-state index contributed by atoms with van der Waals surface area (Å²) < 4.78 is 39.9. The molecule has 1 saturated heterocycles. The number of nitrogens with zero attached hydrogens (tertiary/aromatic N) is 1. The van der Waals surface area contributed by atoms with Gasteiger partial charge in [-0.15, -0.1) is 25.6 Å². The molecule has 4 nitrogen and oxygen atoms in total. The fourth-order valence-electron chi connectivity index (χ4n) is 2.30. The van der Waals surface area contributed by atoms with E-state index >= 15 is 0 Å². The number of nitrogens with one attached hydrogen (secondary N) is 1. The van der Waals surface area contributed by atoms with Crippen LogP contribution in [0.25, 0.3) is 0 Å². The molecule has 1 aromatic carbocycles. The summed E-state index contributed by atoms with van der Waals surface area (Å²) in [6.07, 6.45) is -4.52. The Morgan fingerprint density at radius 3 is 2.55 bits per heavy atom. The van der Waals surface area contributed by atoms with E-state index in [-0.39, 0.29) is 36.5 Å². The molecule has 0 bridgehead atoms. The molecule has 2 rings (SSSR count). The minimum absolute atomic E-state index is 0. The van der Waals surface area contributed by atoms with Gasteiger partial charge in [-0.1, -0.05) is 12.1 Å². The van der Waals surface area contributed by atoms with Gasteiger partial charge in [-0.05, 0) is 24.6 Å². The largest absolute Gasteiger partial charge is 0.573 e. The molecule has 1 amide bonds. The Hall–Kier alpha value is -1.47. The predicted octanol–water partition coefficient (Wildman–Crippen LogP) is 2.37. The maximum atomic E-state index is 12.2. The van der Waals surface area contributed by atoms with Crippen LogP contribution in [0.3, 0.4) is 0 Å². The third-order valence-corrected chi connectivity index (χ3v) is 3.33. The van der Waals surface area contributed by atoms with Gasteiger partial charge in [-0.25, -0.2) is 0 Å². The molecule has 0 saturated carbocycles. The highest BCUT2D eigenvalue weighted by molar-refractivity contribution is 5.85. The molecule has 0 radical (unpaired) electrons. The molecule has 1 fully saturated rings. The van der Waals surface area contributed by atoms with Gasteiger partial charge in [0.05, 0.1) is 6.42 Å². The first-order valence-electron chi connectivity index (χ1n) is 6.70. The van der Waals surface area contributed by atoms with Crippen molar-refractivity contribution >= 4 is 18.3 Å². The van der Waals surface area contributed by atoms with Gasteiger partial charge < -0.3 is 15.0 Å². The Balaban J connectivity index is 0.00000242. The van der Waals surface area contributed by atoms with E-state index in [0.29, 0.717) is 12.1 Å². The molecule has 1 heterocycles. The van der Waals surface area contributed by atoms with E-state index in [1.165, 1.54) is 24.3 Å². The third kappa shape index (κ3) is 5.38. The number of amides is 1. The van der Waals surface area contributed by atoms with Crippen LogP contribution in [0.5, 0.6) is 5.75 Å². The Labute approximate surface area is 133 Å². The molecule has 0 aliphatic carbocycles. The first-order valence-corrected chi connectivity index (χ1v) is 6.70. The number of carbonyl (C=O) groups is 1. The molecule has 22 heavy (non-hydrogen) atoms. The van der Waals surface area contributed by atoms with Gasteiger partial charge in [0.1, 0.15) is 5.75 Å². The molecule has 1 atom stereocenters. The van der Waals surface area contributed by atoms with Crippen molar-refractivity contribution in [2.75, 3.05) is 19.6 Å². The first kappa shape index (κ1) is 18.6. The fourth-order valence-corrected chi connectivity index (χ4v) is 2.30. The van der Waals surface area contributed by atoms with Gasteiger partial charge in [0, 0.05) is 25.7 Å². The number of alkyl halides is 3. The standard InChI is InChI=1S/C14H17F3N2O2.ClH/c1-10-9-18-6-7-19(10)13(20)8-11-2-4-12(5-3-11)21-14(15,16)17;/h2-5,10,18H,6-9H2,1H3;1H/t10-;/m1./s1. The number of carbonyl (C=O) groups excluding carboxylic acids is 1. The Kier molecular flexibility index (Phi) is 6.49. The zero-order chi connectivity index (χ0) is 15.5. The predicted molar refractivity (Wildman–Crippen MR) is 78.1 cm³/mol. The number of rotatable bonds is 3. The Morgan fingerprint density at radius 1 is 1.36 bits per heavy atom. The number of halogens is 4. The molecule has 0 unspecified atom stereocenters. The third-order valence-electron chi connectivity index (χ3n) is 3.33. The van der Waals surface area contributed by atoms with Crippen LogP contribution in [0.15, 0.2) is 24.3 Å². The summed E-state index contributed by atoms with van der Waals surface area (Å²) in [5, 5.41) is 3.20. The van der Waals surface area contributed by atoms with Crippen molar-refractivity contribution in [1.29, 1.82) is 0 Å². The molecule has 1 aliphatic rings. The number of ether oxygens (including phenoxy) is 1. The fraction of sp³-hybridized carbons (Fsp3) is 0.500. The summed E-state index contributed by atoms with van der Waals surface area (Å²) in [7, 11) is 0. The second kappa shape index (κ2) is 7.69. The zero-order valence-electron chi connectivity index (χ0n) is 12.0. The summed E-state index contributed by atoms with van der Waals surface area (Å²) in [6.45, 7) is 4.12. The maximum absolute atomic E-state index is 12.2. The van der Waals surface area contributed by atoms with E-state index in [1.54, 1.807) is 4.90 Å². The van der Waals surface area contributed by atoms with Crippen LogP contribution < -0.4 is 10.1 Å². The molecular weight excluding hydrogens is 321 g/mol. The molecule has 0 aromatic heterocycles. The average Bonchev–Trinajstić information content (AvgIpc) is 2.40. The summed E-state index contributed by atoms with van der Waals surface area (Å²) in [6, 6.07) is 5.52. The van der Waals surface area contributed by atoms with E-state index in [1.807, 2.05) is 6.92 Å². The molecule has 1 aromatic rings. The van der Waals surface area contributed by atoms with E-state index in [2.05, 4.69) is 10.1 Å². The van der Waals surface area contributed by atoms with E-state index in [9.17, 15) is 18.0 Å². The molecule has 124 valence electrons. The van der Waals surface area contributed by atoms with Gasteiger partial charge in [-0.2, -0.15) is 0 Å². The van der Waals surface area contributed by atoms with Crippen molar-refractivity contribution in [3.63, 3.8) is 0 Å². The molecule has 1 aliphatic heterocycles. The molecule has 1 N–H and O–H groups in total. The van der Waals surface area contributed by atoms with Crippen LogP contribution in [0.2, 0.25) is 0 Å². The van der Waals surface area contributed by atoms with Gasteiger partial charge in [0.25, 0.3) is 0 Å². The maximum Gasteiger partial charge on any atom is 0.573 e. The minimum atomic E-state index is -4.70. The van der Waals surface area contributed by atoms with Crippen molar-refractivity contribution < 1.29 is 22.7 Å². The summed E-state index contributed by atoms with van der Waals surface area (Å²) in [4.78, 5) is 14.0. The highest BCUT2D eigenvalue weighted by Gasteiger charge is 2.31. The van der Waals surface area contributed by atoms with Crippen LogP contribution >= 0.6 is 12.4 Å². The van der Waals surface area contributed by atoms with Crippen LogP contribution in [-0.4, -0.2) is 42.8 Å².